The van der Waals surface area contributed by atoms with Crippen molar-refractivity contribution in [2.75, 3.05) is 32.8 Å². The third-order valence-electron chi connectivity index (χ3n) is 2.93. The molecule has 0 aromatic rings. The van der Waals surface area contributed by atoms with Gasteiger partial charge in [-0.15, -0.1) is 12.4 Å². The van der Waals surface area contributed by atoms with Gasteiger partial charge in [0.25, 0.3) is 0 Å². The van der Waals surface area contributed by atoms with Crippen LogP contribution in [0.4, 0.5) is 0 Å². The first-order valence-corrected chi connectivity index (χ1v) is 5.48. The molecule has 1 amide bonds. The fourth-order valence-electron chi connectivity index (χ4n) is 2.07. The van der Waals surface area contributed by atoms with Gasteiger partial charge in [0.15, 0.2) is 0 Å². The number of hydrogen-bond acceptors (Lipinski definition) is 3. The Hall–Kier alpha value is -0.320. The van der Waals surface area contributed by atoms with Crippen LogP contribution in [0.1, 0.15) is 19.3 Å². The molecule has 0 aliphatic carbocycles. The number of piperidine rings is 1. The predicted molar refractivity (Wildman–Crippen MR) is 60.3 cm³/mol. The van der Waals surface area contributed by atoms with Crippen molar-refractivity contribution >= 4 is 18.3 Å². The van der Waals surface area contributed by atoms with Gasteiger partial charge in [0.2, 0.25) is 5.91 Å². The van der Waals surface area contributed by atoms with Gasteiger partial charge in [0.1, 0.15) is 0 Å². The molecule has 1 atom stereocenters. The van der Waals surface area contributed by atoms with E-state index in [9.17, 15) is 4.79 Å². The Morgan fingerprint density at radius 3 is 2.60 bits per heavy atom. The van der Waals surface area contributed by atoms with Crippen LogP contribution in [-0.2, 0) is 9.53 Å². The van der Waals surface area contributed by atoms with Gasteiger partial charge in [0, 0.05) is 13.1 Å². The molecular formula is C10H19ClN2O2. The SMILES string of the molecule is Cl.O=C([C@@H]1CCCCN1)N1CCOCC1. The van der Waals surface area contributed by atoms with E-state index in [2.05, 4.69) is 5.32 Å². The summed E-state index contributed by atoms with van der Waals surface area (Å²) in [5, 5.41) is 3.28. The molecule has 0 aromatic heterocycles. The molecule has 0 unspecified atom stereocenters. The lowest BCUT2D eigenvalue weighted by Gasteiger charge is -2.32. The van der Waals surface area contributed by atoms with E-state index < -0.39 is 0 Å². The van der Waals surface area contributed by atoms with Crippen molar-refractivity contribution in [1.82, 2.24) is 10.2 Å². The predicted octanol–water partition coefficient (Wildman–Crippen LogP) is 0.409. The minimum Gasteiger partial charge on any atom is -0.378 e. The zero-order chi connectivity index (χ0) is 9.80. The monoisotopic (exact) mass is 234 g/mol. The average molecular weight is 235 g/mol. The molecule has 2 heterocycles. The van der Waals surface area contributed by atoms with Crippen LogP contribution in [0.2, 0.25) is 0 Å². The van der Waals surface area contributed by atoms with E-state index in [-0.39, 0.29) is 24.4 Å². The number of nitrogens with one attached hydrogen (secondary N) is 1. The molecule has 2 fully saturated rings. The van der Waals surface area contributed by atoms with Gasteiger partial charge in [-0.1, -0.05) is 6.42 Å². The molecule has 0 bridgehead atoms. The molecule has 5 heteroatoms. The number of morpholine rings is 1. The lowest BCUT2D eigenvalue weighted by atomic mass is 10.0. The molecule has 0 saturated carbocycles. The molecular weight excluding hydrogens is 216 g/mol. The fourth-order valence-corrected chi connectivity index (χ4v) is 2.07. The van der Waals surface area contributed by atoms with Crippen molar-refractivity contribution < 1.29 is 9.53 Å². The second-order valence-corrected chi connectivity index (χ2v) is 3.94. The molecule has 0 spiro atoms. The topological polar surface area (TPSA) is 41.6 Å². The van der Waals surface area contributed by atoms with Crippen molar-refractivity contribution in [2.45, 2.75) is 25.3 Å². The Kier molecular flexibility index (Phi) is 5.36. The molecule has 88 valence electrons. The minimum atomic E-state index is 0. The fraction of sp³-hybridized carbons (Fsp3) is 0.900. The van der Waals surface area contributed by atoms with E-state index in [1.165, 1.54) is 12.8 Å². The van der Waals surface area contributed by atoms with Gasteiger partial charge in [-0.05, 0) is 19.4 Å². The minimum absolute atomic E-state index is 0. The van der Waals surface area contributed by atoms with E-state index in [1.54, 1.807) is 0 Å². The smallest absolute Gasteiger partial charge is 0.239 e. The Labute approximate surface area is 96.7 Å². The number of carbonyl (C=O) groups is 1. The van der Waals surface area contributed by atoms with E-state index >= 15 is 0 Å². The van der Waals surface area contributed by atoms with Crippen LogP contribution in [0.25, 0.3) is 0 Å². The Morgan fingerprint density at radius 1 is 1.27 bits per heavy atom. The van der Waals surface area contributed by atoms with Crippen molar-refractivity contribution in [2.24, 2.45) is 0 Å². The first-order chi connectivity index (χ1) is 6.88. The van der Waals surface area contributed by atoms with Crippen LogP contribution >= 0.6 is 12.4 Å². The molecule has 0 aromatic carbocycles. The van der Waals surface area contributed by atoms with Crippen molar-refractivity contribution in [3.63, 3.8) is 0 Å². The van der Waals surface area contributed by atoms with E-state index in [4.69, 9.17) is 4.74 Å². The maximum atomic E-state index is 12.0. The standard InChI is InChI=1S/C10H18N2O2.ClH/c13-10(9-3-1-2-4-11-9)12-5-7-14-8-6-12;/h9,11H,1-8H2;1H/t9-;/m0./s1. The zero-order valence-electron chi connectivity index (χ0n) is 8.91. The van der Waals surface area contributed by atoms with Crippen LogP contribution in [0.3, 0.4) is 0 Å². The summed E-state index contributed by atoms with van der Waals surface area (Å²) in [5.41, 5.74) is 0. The van der Waals surface area contributed by atoms with Gasteiger partial charge in [-0.2, -0.15) is 0 Å². The summed E-state index contributed by atoms with van der Waals surface area (Å²) >= 11 is 0. The molecule has 2 aliphatic heterocycles. The third-order valence-corrected chi connectivity index (χ3v) is 2.93. The summed E-state index contributed by atoms with van der Waals surface area (Å²) in [6.45, 7) is 3.89. The highest BCUT2D eigenvalue weighted by molar-refractivity contribution is 5.85. The van der Waals surface area contributed by atoms with Gasteiger partial charge in [0.05, 0.1) is 19.3 Å². The number of amides is 1. The van der Waals surface area contributed by atoms with Crippen molar-refractivity contribution in [3.8, 4) is 0 Å². The number of hydrogen-bond donors (Lipinski definition) is 1. The molecule has 15 heavy (non-hydrogen) atoms. The maximum Gasteiger partial charge on any atom is 0.239 e. The Morgan fingerprint density at radius 2 is 2.00 bits per heavy atom. The molecule has 2 rings (SSSR count). The number of nitrogens with zero attached hydrogens (tertiary/aromatic N) is 1. The number of carbonyl (C=O) groups excluding carboxylic acids is 1. The summed E-state index contributed by atoms with van der Waals surface area (Å²) in [6.07, 6.45) is 3.37. The molecule has 2 aliphatic rings. The van der Waals surface area contributed by atoms with E-state index in [1.807, 2.05) is 4.90 Å². The summed E-state index contributed by atoms with van der Waals surface area (Å²) in [5.74, 6) is 0.271. The van der Waals surface area contributed by atoms with Gasteiger partial charge < -0.3 is 15.0 Å². The van der Waals surface area contributed by atoms with Crippen molar-refractivity contribution in [1.29, 1.82) is 0 Å². The molecule has 1 N–H and O–H groups in total. The van der Waals surface area contributed by atoms with Crippen LogP contribution < -0.4 is 5.32 Å². The molecule has 4 nitrogen and oxygen atoms in total. The summed E-state index contributed by atoms with van der Waals surface area (Å²) in [4.78, 5) is 13.9. The Bertz CT molecular complexity index is 182. The average Bonchev–Trinajstić information content (AvgIpc) is 2.30. The van der Waals surface area contributed by atoms with Crippen LogP contribution in [-0.4, -0.2) is 49.7 Å². The molecule has 0 radical (unpaired) electrons. The second kappa shape index (κ2) is 6.30. The van der Waals surface area contributed by atoms with Gasteiger partial charge in [-0.25, -0.2) is 0 Å². The van der Waals surface area contributed by atoms with E-state index in [0.717, 1.165) is 26.1 Å². The summed E-state index contributed by atoms with van der Waals surface area (Å²) in [7, 11) is 0. The van der Waals surface area contributed by atoms with Crippen molar-refractivity contribution in [3.05, 3.63) is 0 Å². The number of rotatable bonds is 1. The lowest BCUT2D eigenvalue weighted by Crippen LogP contribution is -2.51. The maximum absolute atomic E-state index is 12.0. The van der Waals surface area contributed by atoms with E-state index in [0.29, 0.717) is 13.2 Å². The van der Waals surface area contributed by atoms with Crippen LogP contribution in [0.5, 0.6) is 0 Å². The normalized spacial score (nSPS) is 26.9. The van der Waals surface area contributed by atoms with Crippen LogP contribution in [0.15, 0.2) is 0 Å². The zero-order valence-corrected chi connectivity index (χ0v) is 9.72. The van der Waals surface area contributed by atoms with Gasteiger partial charge in [-0.3, -0.25) is 4.79 Å². The first kappa shape index (κ1) is 12.7. The molecule has 2 saturated heterocycles. The highest BCUT2D eigenvalue weighted by atomic mass is 35.5. The Balaban J connectivity index is 0.00000112. The van der Waals surface area contributed by atoms with Gasteiger partial charge >= 0.3 is 0 Å². The highest BCUT2D eigenvalue weighted by Crippen LogP contribution is 2.10. The summed E-state index contributed by atoms with van der Waals surface area (Å²) in [6, 6.07) is 0.0712. The third kappa shape index (κ3) is 3.33. The number of halogens is 1. The van der Waals surface area contributed by atoms with Crippen LogP contribution in [0, 0.1) is 0 Å². The highest BCUT2D eigenvalue weighted by Gasteiger charge is 2.26. The number of ether oxygens (including phenoxy) is 1. The quantitative estimate of drug-likeness (QED) is 0.715. The second-order valence-electron chi connectivity index (χ2n) is 3.94. The largest absolute Gasteiger partial charge is 0.378 e. The summed E-state index contributed by atoms with van der Waals surface area (Å²) < 4.78 is 5.22. The first-order valence-electron chi connectivity index (χ1n) is 5.48. The lowest BCUT2D eigenvalue weighted by molar-refractivity contribution is -0.138.